The molecular weight excluding hydrogens is 366 g/mol. The van der Waals surface area contributed by atoms with Crippen LogP contribution in [-0.2, 0) is 12.8 Å². The quantitative estimate of drug-likeness (QED) is 0.629. The lowest BCUT2D eigenvalue weighted by Crippen LogP contribution is -2.05. The largest absolute Gasteiger partial charge is 0.484 e. The van der Waals surface area contributed by atoms with Gasteiger partial charge in [0.2, 0.25) is 0 Å². The molecule has 0 radical (unpaired) electrons. The van der Waals surface area contributed by atoms with Gasteiger partial charge in [-0.2, -0.15) is 13.2 Å². The van der Waals surface area contributed by atoms with Crippen LogP contribution in [0.3, 0.4) is 0 Å². The van der Waals surface area contributed by atoms with Crippen LogP contribution >= 0.6 is 11.6 Å². The van der Waals surface area contributed by atoms with Crippen molar-refractivity contribution < 1.29 is 26.7 Å². The van der Waals surface area contributed by atoms with Crippen LogP contribution in [0.15, 0.2) is 40.9 Å². The molecule has 0 atom stereocenters. The smallest absolute Gasteiger partial charge is 0.417 e. The molecule has 0 N–H and O–H groups in total. The number of halogens is 5. The maximum absolute atomic E-state index is 12.8. The Morgan fingerprint density at radius 1 is 1.12 bits per heavy atom. The van der Waals surface area contributed by atoms with E-state index in [9.17, 15) is 17.6 Å². The number of benzene rings is 1. The molecule has 2 aromatic heterocycles. The van der Waals surface area contributed by atoms with Crippen LogP contribution in [0.1, 0.15) is 11.5 Å². The number of hydrogen-bond donors (Lipinski definition) is 0. The monoisotopic (exact) mass is 373 g/mol. The second-order valence-corrected chi connectivity index (χ2v) is 5.20. The van der Waals surface area contributed by atoms with Crippen LogP contribution in [0.2, 0.25) is 5.02 Å². The van der Waals surface area contributed by atoms with Gasteiger partial charge < -0.3 is 9.15 Å². The number of nitrogens with zero attached hydrogens (tertiary/aromatic N) is 3. The molecule has 0 bridgehead atoms. The normalized spacial score (nSPS) is 11.6. The van der Waals surface area contributed by atoms with Gasteiger partial charge in [0.15, 0.2) is 6.61 Å². The summed E-state index contributed by atoms with van der Waals surface area (Å²) in [7, 11) is 0. The van der Waals surface area contributed by atoms with Gasteiger partial charge in [-0.05, 0) is 30.3 Å². The lowest BCUT2D eigenvalue weighted by molar-refractivity contribution is -0.137. The molecule has 25 heavy (non-hydrogen) atoms. The van der Waals surface area contributed by atoms with Gasteiger partial charge in [-0.25, -0.2) is 9.37 Å². The zero-order valence-corrected chi connectivity index (χ0v) is 13.0. The van der Waals surface area contributed by atoms with E-state index in [4.69, 9.17) is 20.8 Å². The van der Waals surface area contributed by atoms with Gasteiger partial charge in [-0.15, -0.1) is 10.2 Å². The average Bonchev–Trinajstić information content (AvgIpc) is 3.02. The van der Waals surface area contributed by atoms with Crippen molar-refractivity contribution in [2.75, 3.05) is 0 Å². The zero-order valence-electron chi connectivity index (χ0n) is 12.2. The first-order valence-corrected chi connectivity index (χ1v) is 7.14. The summed E-state index contributed by atoms with van der Waals surface area (Å²) < 4.78 is 61.2. The molecule has 0 unspecified atom stereocenters. The van der Waals surface area contributed by atoms with Gasteiger partial charge in [0.05, 0.1) is 10.6 Å². The lowest BCUT2D eigenvalue weighted by atomic mass is 10.2. The van der Waals surface area contributed by atoms with E-state index in [1.165, 1.54) is 24.3 Å². The molecule has 10 heteroatoms. The van der Waals surface area contributed by atoms with Crippen LogP contribution in [0, 0.1) is 5.82 Å². The third-order valence-corrected chi connectivity index (χ3v) is 3.30. The summed E-state index contributed by atoms with van der Waals surface area (Å²) in [6, 6.07) is 6.01. The fourth-order valence-electron chi connectivity index (χ4n) is 1.83. The number of rotatable bonds is 4. The maximum Gasteiger partial charge on any atom is 0.417 e. The summed E-state index contributed by atoms with van der Waals surface area (Å²) >= 11 is 5.81. The minimum atomic E-state index is -4.56. The van der Waals surface area contributed by atoms with E-state index in [0.29, 0.717) is 11.9 Å². The Morgan fingerprint density at radius 2 is 1.84 bits per heavy atom. The predicted molar refractivity (Wildman–Crippen MR) is 78.3 cm³/mol. The Hall–Kier alpha value is -2.68. The van der Waals surface area contributed by atoms with Gasteiger partial charge in [0.25, 0.3) is 11.8 Å². The molecule has 5 nitrogen and oxygen atoms in total. The fourth-order valence-corrected chi connectivity index (χ4v) is 2.08. The van der Waals surface area contributed by atoms with Gasteiger partial charge in [0.1, 0.15) is 17.3 Å². The number of alkyl halides is 3. The van der Waals surface area contributed by atoms with E-state index in [1.54, 1.807) is 0 Å². The number of pyridine rings is 1. The molecule has 0 aliphatic heterocycles. The number of hydrogen-bond acceptors (Lipinski definition) is 5. The molecule has 0 spiro atoms. The van der Waals surface area contributed by atoms with E-state index < -0.39 is 17.6 Å². The Bertz CT molecular complexity index is 881. The topological polar surface area (TPSA) is 61.0 Å². The highest BCUT2D eigenvalue weighted by molar-refractivity contribution is 6.32. The molecule has 3 rings (SSSR count). The van der Waals surface area contributed by atoms with Crippen molar-refractivity contribution in [2.24, 2.45) is 0 Å². The molecule has 3 aromatic rings. The summed E-state index contributed by atoms with van der Waals surface area (Å²) in [6.07, 6.45) is -3.93. The van der Waals surface area contributed by atoms with Crippen molar-refractivity contribution in [1.82, 2.24) is 15.2 Å². The first kappa shape index (κ1) is 17.2. The van der Waals surface area contributed by atoms with Crippen molar-refractivity contribution in [3.05, 3.63) is 58.8 Å². The van der Waals surface area contributed by atoms with E-state index in [1.807, 2.05) is 0 Å². The standard InChI is InChI=1S/C15H8ClF4N3O2/c16-11-5-8(15(18,19)20)6-21-13(11)14-23-22-12(25-14)7-24-10-3-1-9(17)2-4-10/h1-6H,7H2. The molecule has 0 saturated carbocycles. The molecule has 2 heterocycles. The van der Waals surface area contributed by atoms with Crippen molar-refractivity contribution in [2.45, 2.75) is 12.8 Å². The van der Waals surface area contributed by atoms with Crippen LogP contribution in [0.4, 0.5) is 17.6 Å². The molecule has 0 amide bonds. The zero-order chi connectivity index (χ0) is 18.0. The van der Waals surface area contributed by atoms with Gasteiger partial charge in [0, 0.05) is 6.20 Å². The van der Waals surface area contributed by atoms with Crippen molar-refractivity contribution in [1.29, 1.82) is 0 Å². The molecule has 0 aliphatic rings. The van der Waals surface area contributed by atoms with Gasteiger partial charge in [-0.3, -0.25) is 0 Å². The molecule has 130 valence electrons. The Labute approximate surface area is 143 Å². The number of ether oxygens (including phenoxy) is 1. The van der Waals surface area contributed by atoms with E-state index in [2.05, 4.69) is 15.2 Å². The second kappa shape index (κ2) is 6.67. The minimum Gasteiger partial charge on any atom is -0.484 e. The highest BCUT2D eigenvalue weighted by Crippen LogP contribution is 2.33. The van der Waals surface area contributed by atoms with Crippen LogP contribution in [-0.4, -0.2) is 15.2 Å². The SMILES string of the molecule is Fc1ccc(OCc2nnc(-c3ncc(C(F)(F)F)cc3Cl)o2)cc1. The van der Waals surface area contributed by atoms with Gasteiger partial charge in [-0.1, -0.05) is 11.6 Å². The molecule has 1 aromatic carbocycles. The van der Waals surface area contributed by atoms with E-state index in [-0.39, 0.29) is 29.1 Å². The molecule has 0 fully saturated rings. The lowest BCUT2D eigenvalue weighted by Gasteiger charge is -2.07. The average molecular weight is 374 g/mol. The van der Waals surface area contributed by atoms with E-state index >= 15 is 0 Å². The van der Waals surface area contributed by atoms with Crippen LogP contribution in [0.25, 0.3) is 11.6 Å². The summed E-state index contributed by atoms with van der Waals surface area (Å²) in [5, 5.41) is 7.11. The molecule has 0 saturated heterocycles. The van der Waals surface area contributed by atoms with Crippen molar-refractivity contribution in [3.8, 4) is 17.3 Å². The van der Waals surface area contributed by atoms with Gasteiger partial charge >= 0.3 is 6.18 Å². The summed E-state index contributed by atoms with van der Waals surface area (Å²) in [5.41, 5.74) is -1.06. The predicted octanol–water partition coefficient (Wildman–Crippen LogP) is 4.52. The first-order chi connectivity index (χ1) is 11.8. The first-order valence-electron chi connectivity index (χ1n) is 6.77. The minimum absolute atomic E-state index is 0.0529. The van der Waals surface area contributed by atoms with Crippen molar-refractivity contribution >= 4 is 11.6 Å². The number of aromatic nitrogens is 3. The highest BCUT2D eigenvalue weighted by atomic mass is 35.5. The van der Waals surface area contributed by atoms with Crippen molar-refractivity contribution in [3.63, 3.8) is 0 Å². The third kappa shape index (κ3) is 4.05. The second-order valence-electron chi connectivity index (χ2n) is 4.80. The molecule has 0 aliphatic carbocycles. The Kier molecular flexibility index (Phi) is 4.58. The molecular formula is C15H8ClF4N3O2. The van der Waals surface area contributed by atoms with E-state index in [0.717, 1.165) is 6.07 Å². The Morgan fingerprint density at radius 3 is 2.48 bits per heavy atom. The highest BCUT2D eigenvalue weighted by Gasteiger charge is 2.32. The summed E-state index contributed by atoms with van der Waals surface area (Å²) in [6.45, 7) is -0.114. The summed E-state index contributed by atoms with van der Waals surface area (Å²) in [4.78, 5) is 3.63. The van der Waals surface area contributed by atoms with Crippen LogP contribution in [0.5, 0.6) is 5.75 Å². The van der Waals surface area contributed by atoms with Crippen LogP contribution < -0.4 is 4.74 Å². The Balaban J connectivity index is 1.74. The fraction of sp³-hybridized carbons (Fsp3) is 0.133. The third-order valence-electron chi connectivity index (χ3n) is 3.01. The summed E-state index contributed by atoms with van der Waals surface area (Å²) in [5.74, 6) is -0.115. The maximum atomic E-state index is 12.8.